The Hall–Kier alpha value is -4.96. The molecule has 5 unspecified atom stereocenters. The van der Waals surface area contributed by atoms with Crippen molar-refractivity contribution in [3.05, 3.63) is 60.2 Å². The van der Waals surface area contributed by atoms with Crippen molar-refractivity contribution in [3.8, 4) is 11.6 Å². The van der Waals surface area contributed by atoms with E-state index in [1.165, 1.54) is 49.5 Å². The van der Waals surface area contributed by atoms with Crippen molar-refractivity contribution in [1.82, 2.24) is 30.1 Å². The Balaban J connectivity index is 1.11. The molecule has 5 atom stereocenters. The van der Waals surface area contributed by atoms with Crippen LogP contribution in [0, 0.1) is 11.8 Å². The highest BCUT2D eigenvalue weighted by atomic mass is 32.2. The van der Waals surface area contributed by atoms with E-state index < -0.39 is 68.2 Å². The SMILES string of the molecule is CC1(S(=O)(=O)NC(=O)C23C=CC2C=CCCCCCC(NC(=O)O)C(=O)N2CC(Oc4nc5ccccc5c(OCCN5CCCCC5)c4C=CCCCC4CC4)CC2C(=O)N3)CC1. The Morgan fingerprint density at radius 1 is 1.03 bits per heavy atom. The second kappa shape index (κ2) is 19.6. The smallest absolute Gasteiger partial charge is 0.405 e. The Bertz CT molecular complexity index is 2270. The van der Waals surface area contributed by atoms with Crippen molar-refractivity contribution in [2.24, 2.45) is 11.8 Å². The number of piperidine rings is 1. The summed E-state index contributed by atoms with van der Waals surface area (Å²) in [4.78, 5) is 64.3. The molecular weight excluding hydrogens is 837 g/mol. The van der Waals surface area contributed by atoms with E-state index in [1.54, 1.807) is 13.0 Å². The van der Waals surface area contributed by atoms with E-state index in [4.69, 9.17) is 14.5 Å². The topological polar surface area (TPSA) is 197 Å². The lowest BCUT2D eigenvalue weighted by Gasteiger charge is -2.42. The van der Waals surface area contributed by atoms with Crippen LogP contribution >= 0.6 is 0 Å². The molecule has 4 heterocycles. The number of pyridine rings is 1. The van der Waals surface area contributed by atoms with Gasteiger partial charge < -0.3 is 30.1 Å². The van der Waals surface area contributed by atoms with Gasteiger partial charge in [0.25, 0.3) is 5.91 Å². The summed E-state index contributed by atoms with van der Waals surface area (Å²) in [5, 5.41) is 15.9. The fourth-order valence-corrected chi connectivity index (χ4v) is 10.7. The quantitative estimate of drug-likeness (QED) is 0.117. The summed E-state index contributed by atoms with van der Waals surface area (Å²) in [6.45, 7) is 4.81. The van der Waals surface area contributed by atoms with Gasteiger partial charge in [0.1, 0.15) is 36.1 Å². The van der Waals surface area contributed by atoms with Crippen LogP contribution in [-0.4, -0.2) is 113 Å². The Kier molecular flexibility index (Phi) is 14.0. The van der Waals surface area contributed by atoms with Crippen LogP contribution in [0.4, 0.5) is 4.79 Å². The van der Waals surface area contributed by atoms with E-state index in [1.807, 2.05) is 42.5 Å². The lowest BCUT2D eigenvalue weighted by molar-refractivity contribution is -0.142. The summed E-state index contributed by atoms with van der Waals surface area (Å²) in [6.07, 6.45) is 21.9. The number of ether oxygens (including phenoxy) is 2. The molecule has 6 aliphatic rings. The van der Waals surface area contributed by atoms with Gasteiger partial charge >= 0.3 is 6.09 Å². The highest BCUT2D eigenvalue weighted by molar-refractivity contribution is 7.91. The van der Waals surface area contributed by atoms with Crippen LogP contribution in [0.15, 0.2) is 54.6 Å². The number of amides is 4. The number of nitrogens with zero attached hydrogens (tertiary/aromatic N) is 3. The first-order valence-electron chi connectivity index (χ1n) is 23.5. The molecule has 2 aromatic rings. The van der Waals surface area contributed by atoms with Crippen LogP contribution in [0.3, 0.4) is 0 Å². The molecule has 346 valence electrons. The predicted octanol–water partition coefficient (Wildman–Crippen LogP) is 6.24. The number of carbonyl (C=O) groups is 4. The number of hydrogen-bond donors (Lipinski definition) is 4. The van der Waals surface area contributed by atoms with E-state index in [-0.39, 0.29) is 25.3 Å². The number of aromatic nitrogens is 1. The number of carboxylic acid groups (broad SMARTS) is 1. The molecule has 15 nitrogen and oxygen atoms in total. The lowest BCUT2D eigenvalue weighted by Crippen LogP contribution is -2.67. The largest absolute Gasteiger partial charge is 0.491 e. The number of likely N-dealkylation sites (tertiary alicyclic amines) is 1. The van der Waals surface area contributed by atoms with Crippen molar-refractivity contribution in [2.45, 2.75) is 138 Å². The Morgan fingerprint density at radius 2 is 1.81 bits per heavy atom. The number of sulfonamides is 1. The number of unbranched alkanes of at least 4 members (excludes halogenated alkanes) is 1. The zero-order chi connectivity index (χ0) is 44.9. The standard InChI is InChI=1S/C48H64N6O9S/c1-47(25-26-47)64(60,61)52-45(57)48-24-23-34(48)16-8-3-2-4-10-20-39(50-46(58)59)44(56)54-32-35(31-40(54)42(55)51-48)63-43-37(18-9-5-7-15-33-21-22-33)41(36-17-11-12-19-38(36)49-43)62-30-29-53-27-13-6-14-28-53/h8-9,11-12,16-19,23-24,33-35,39-40,50H,2-7,10,13-15,20-22,25-32H2,1H3,(H,51,55)(H,52,57)(H,58,59). The third-order valence-electron chi connectivity index (χ3n) is 14.0. The summed E-state index contributed by atoms with van der Waals surface area (Å²) in [5.74, 6) is -1.08. The molecule has 2 saturated heterocycles. The van der Waals surface area contributed by atoms with Crippen LogP contribution in [0.5, 0.6) is 11.6 Å². The molecule has 4 amide bonds. The molecule has 4 fully saturated rings. The first-order valence-corrected chi connectivity index (χ1v) is 25.0. The van der Waals surface area contributed by atoms with Crippen molar-refractivity contribution >= 4 is 50.8 Å². The van der Waals surface area contributed by atoms with Gasteiger partial charge in [0.05, 0.1) is 22.4 Å². The van der Waals surface area contributed by atoms with E-state index in [2.05, 4.69) is 26.3 Å². The second-order valence-electron chi connectivity index (χ2n) is 18.9. The number of benzene rings is 1. The van der Waals surface area contributed by atoms with Gasteiger partial charge in [-0.25, -0.2) is 18.2 Å². The van der Waals surface area contributed by atoms with Gasteiger partial charge in [0.2, 0.25) is 27.7 Å². The van der Waals surface area contributed by atoms with Gasteiger partial charge in [0.15, 0.2) is 0 Å². The van der Waals surface area contributed by atoms with Gasteiger partial charge in [-0.15, -0.1) is 0 Å². The minimum atomic E-state index is -4.06. The van der Waals surface area contributed by atoms with Gasteiger partial charge in [-0.05, 0) is 102 Å². The van der Waals surface area contributed by atoms with Gasteiger partial charge in [-0.3, -0.25) is 24.0 Å². The minimum absolute atomic E-state index is 0.0140. The summed E-state index contributed by atoms with van der Waals surface area (Å²) in [6, 6.07) is 5.38. The van der Waals surface area contributed by atoms with Crippen LogP contribution in [0.1, 0.15) is 115 Å². The zero-order valence-electron chi connectivity index (χ0n) is 37.0. The average Bonchev–Trinajstić information content (AvgIpc) is 4.20. The van der Waals surface area contributed by atoms with Crippen molar-refractivity contribution in [1.29, 1.82) is 0 Å². The maximum atomic E-state index is 14.7. The van der Waals surface area contributed by atoms with Crippen molar-refractivity contribution in [2.75, 3.05) is 32.8 Å². The fraction of sp³-hybridized carbons (Fsp3) is 0.604. The molecule has 3 aliphatic heterocycles. The number of para-hydroxylation sites is 1. The fourth-order valence-electron chi connectivity index (χ4n) is 9.41. The van der Waals surface area contributed by atoms with Gasteiger partial charge in [0, 0.05) is 24.3 Å². The number of fused-ring (bicyclic) bond motifs is 3. The molecule has 0 bridgehead atoms. The molecule has 0 spiro atoms. The first kappa shape index (κ1) is 45.6. The maximum Gasteiger partial charge on any atom is 0.405 e. The predicted molar refractivity (Wildman–Crippen MR) is 243 cm³/mol. The molecule has 16 heteroatoms. The highest BCUT2D eigenvalue weighted by Gasteiger charge is 2.56. The maximum absolute atomic E-state index is 14.7. The molecule has 8 rings (SSSR count). The molecule has 3 aliphatic carbocycles. The molecule has 1 aromatic carbocycles. The second-order valence-corrected chi connectivity index (χ2v) is 21.1. The monoisotopic (exact) mass is 900 g/mol. The summed E-state index contributed by atoms with van der Waals surface area (Å²) in [7, 11) is -4.06. The molecule has 0 radical (unpaired) electrons. The van der Waals surface area contributed by atoms with Gasteiger partial charge in [-0.2, -0.15) is 0 Å². The summed E-state index contributed by atoms with van der Waals surface area (Å²) >= 11 is 0. The molecule has 1 aromatic heterocycles. The van der Waals surface area contributed by atoms with Crippen LogP contribution in [-0.2, 0) is 24.4 Å². The summed E-state index contributed by atoms with van der Waals surface area (Å²) < 4.78 is 41.4. The average molecular weight is 901 g/mol. The van der Waals surface area contributed by atoms with Crippen LogP contribution in [0.25, 0.3) is 17.0 Å². The number of nitrogens with one attached hydrogen (secondary N) is 3. The Labute approximate surface area is 376 Å². The third kappa shape index (κ3) is 10.4. The van der Waals surface area contributed by atoms with E-state index in [0.717, 1.165) is 50.2 Å². The number of carbonyl (C=O) groups excluding carboxylic acids is 3. The minimum Gasteiger partial charge on any atom is -0.491 e. The van der Waals surface area contributed by atoms with Crippen molar-refractivity contribution in [3.63, 3.8) is 0 Å². The zero-order valence-corrected chi connectivity index (χ0v) is 37.8. The van der Waals surface area contributed by atoms with E-state index in [0.29, 0.717) is 55.5 Å². The third-order valence-corrected chi connectivity index (χ3v) is 16.1. The lowest BCUT2D eigenvalue weighted by atomic mass is 9.73. The molecular formula is C48H64N6O9S. The molecule has 4 N–H and O–H groups in total. The normalized spacial score (nSPS) is 27.4. The Morgan fingerprint density at radius 3 is 2.55 bits per heavy atom. The first-order chi connectivity index (χ1) is 30.9. The number of allylic oxidation sites excluding steroid dienone is 2. The van der Waals surface area contributed by atoms with Gasteiger partial charge in [-0.1, -0.05) is 81.0 Å². The summed E-state index contributed by atoms with van der Waals surface area (Å²) in [5.41, 5.74) is -0.441. The van der Waals surface area contributed by atoms with E-state index in [9.17, 15) is 32.7 Å². The molecule has 2 saturated carbocycles. The van der Waals surface area contributed by atoms with Crippen LogP contribution < -0.4 is 24.8 Å². The van der Waals surface area contributed by atoms with E-state index >= 15 is 0 Å². The highest BCUT2D eigenvalue weighted by Crippen LogP contribution is 2.43. The van der Waals surface area contributed by atoms with Crippen molar-refractivity contribution < 1.29 is 42.2 Å². The molecule has 64 heavy (non-hydrogen) atoms. The number of hydrogen-bond acceptors (Lipinski definition) is 10. The number of rotatable bonds is 15. The van der Waals surface area contributed by atoms with Crippen LogP contribution in [0.2, 0.25) is 0 Å².